The maximum absolute atomic E-state index is 13.8. The van der Waals surface area contributed by atoms with E-state index in [-0.39, 0.29) is 14.9 Å². The molecule has 0 aliphatic carbocycles. The molecule has 0 N–H and O–H groups in total. The number of hydrogen-bond donors (Lipinski definition) is 0. The van der Waals surface area contributed by atoms with Gasteiger partial charge in [-0.05, 0) is 51.6 Å². The van der Waals surface area contributed by atoms with E-state index < -0.39 is 23.2 Å². The van der Waals surface area contributed by atoms with Crippen LogP contribution in [0.5, 0.6) is 0 Å². The zero-order valence-corrected chi connectivity index (χ0v) is 12.7. The van der Waals surface area contributed by atoms with Crippen LogP contribution in [0.3, 0.4) is 0 Å². The molecule has 2 aromatic carbocycles. The Kier molecular flexibility index (Phi) is 3.59. The monoisotopic (exact) mass is 370 g/mol. The van der Waals surface area contributed by atoms with Crippen molar-refractivity contribution in [1.29, 1.82) is 0 Å². The zero-order valence-electron chi connectivity index (χ0n) is 10.3. The molecule has 0 unspecified atom stereocenters. The van der Waals surface area contributed by atoms with Crippen molar-refractivity contribution in [2.75, 3.05) is 0 Å². The van der Waals surface area contributed by atoms with Crippen LogP contribution in [0.2, 0.25) is 0 Å². The first-order valence-corrected chi connectivity index (χ1v) is 7.45. The maximum Gasteiger partial charge on any atom is 0.206 e. The fourth-order valence-corrected chi connectivity index (χ4v) is 3.30. The average Bonchev–Trinajstić information content (AvgIpc) is 2.85. The van der Waals surface area contributed by atoms with E-state index in [0.717, 1.165) is 23.5 Å². The van der Waals surface area contributed by atoms with Gasteiger partial charge in [-0.25, -0.2) is 13.2 Å². The van der Waals surface area contributed by atoms with Crippen LogP contribution in [0, 0.1) is 17.5 Å². The van der Waals surface area contributed by atoms with Gasteiger partial charge >= 0.3 is 0 Å². The molecule has 0 bridgehead atoms. The molecule has 1 nitrogen and oxygen atoms in total. The zero-order chi connectivity index (χ0) is 15.1. The SMILES string of the molecule is O=C(c1cc2ccc(F)cc2s1)c1cc(F)c(Br)cc1F. The minimum Gasteiger partial charge on any atom is -0.288 e. The summed E-state index contributed by atoms with van der Waals surface area (Å²) in [7, 11) is 0. The molecule has 1 heterocycles. The second kappa shape index (κ2) is 5.27. The molecule has 6 heteroatoms. The molecular formula is C15H6BrF3OS. The van der Waals surface area contributed by atoms with Gasteiger partial charge in [-0.15, -0.1) is 11.3 Å². The Morgan fingerprint density at radius 3 is 2.52 bits per heavy atom. The number of benzene rings is 2. The minimum atomic E-state index is -0.808. The number of ketones is 1. The summed E-state index contributed by atoms with van der Waals surface area (Å²) in [6.45, 7) is 0. The molecular weight excluding hydrogens is 365 g/mol. The molecule has 0 atom stereocenters. The molecule has 0 radical (unpaired) electrons. The standard InChI is InChI=1S/C15H6BrF3OS/c16-10-6-11(18)9(5-12(10)19)15(20)14-3-7-1-2-8(17)4-13(7)21-14/h1-6H. The molecule has 0 fully saturated rings. The summed E-state index contributed by atoms with van der Waals surface area (Å²) in [5, 5.41) is 0.683. The van der Waals surface area contributed by atoms with Gasteiger partial charge in [0.05, 0.1) is 14.9 Å². The summed E-state index contributed by atoms with van der Waals surface area (Å²) < 4.78 is 41.0. The van der Waals surface area contributed by atoms with Gasteiger partial charge in [-0.1, -0.05) is 6.07 Å². The van der Waals surface area contributed by atoms with E-state index in [2.05, 4.69) is 15.9 Å². The largest absolute Gasteiger partial charge is 0.288 e. The first kappa shape index (κ1) is 14.3. The lowest BCUT2D eigenvalue weighted by Crippen LogP contribution is -2.03. The highest BCUT2D eigenvalue weighted by Gasteiger charge is 2.19. The van der Waals surface area contributed by atoms with Crippen LogP contribution in [-0.4, -0.2) is 5.78 Å². The molecule has 0 saturated carbocycles. The molecule has 3 aromatic rings. The van der Waals surface area contributed by atoms with Crippen LogP contribution in [0.15, 0.2) is 40.9 Å². The molecule has 21 heavy (non-hydrogen) atoms. The number of thiophene rings is 1. The lowest BCUT2D eigenvalue weighted by atomic mass is 10.1. The Bertz CT molecular complexity index is 873. The summed E-state index contributed by atoms with van der Waals surface area (Å²) in [5.74, 6) is -2.56. The normalized spacial score (nSPS) is 11.0. The topological polar surface area (TPSA) is 17.1 Å². The third kappa shape index (κ3) is 2.61. The highest BCUT2D eigenvalue weighted by atomic mass is 79.9. The first-order chi connectivity index (χ1) is 9.95. The van der Waals surface area contributed by atoms with Crippen LogP contribution >= 0.6 is 27.3 Å². The van der Waals surface area contributed by atoms with E-state index in [1.807, 2.05) is 0 Å². The molecule has 0 saturated heterocycles. The predicted molar refractivity (Wildman–Crippen MR) is 79.3 cm³/mol. The fraction of sp³-hybridized carbons (Fsp3) is 0. The van der Waals surface area contributed by atoms with Gasteiger partial charge in [0.15, 0.2) is 0 Å². The van der Waals surface area contributed by atoms with Crippen LogP contribution in [0.4, 0.5) is 13.2 Å². The van der Waals surface area contributed by atoms with E-state index in [1.54, 1.807) is 6.07 Å². The van der Waals surface area contributed by atoms with E-state index in [1.165, 1.54) is 18.2 Å². The second-order valence-corrected chi connectivity index (χ2v) is 6.31. The van der Waals surface area contributed by atoms with Crippen molar-refractivity contribution in [3.8, 4) is 0 Å². The Balaban J connectivity index is 2.10. The van der Waals surface area contributed by atoms with E-state index in [0.29, 0.717) is 10.1 Å². The maximum atomic E-state index is 13.8. The summed E-state index contributed by atoms with van der Waals surface area (Å²) in [6, 6.07) is 7.43. The van der Waals surface area contributed by atoms with E-state index >= 15 is 0 Å². The van der Waals surface area contributed by atoms with Crippen molar-refractivity contribution in [1.82, 2.24) is 0 Å². The van der Waals surface area contributed by atoms with Crippen molar-refractivity contribution in [3.05, 3.63) is 68.8 Å². The Labute approximate surface area is 130 Å². The van der Waals surface area contributed by atoms with Crippen LogP contribution in [0.1, 0.15) is 15.2 Å². The van der Waals surface area contributed by atoms with Crippen LogP contribution in [-0.2, 0) is 0 Å². The van der Waals surface area contributed by atoms with Crippen molar-refractivity contribution in [2.45, 2.75) is 0 Å². The summed E-state index contributed by atoms with van der Waals surface area (Å²) in [5.41, 5.74) is -0.345. The van der Waals surface area contributed by atoms with Gasteiger partial charge in [0.25, 0.3) is 0 Å². The number of halogens is 4. The summed E-state index contributed by atoms with van der Waals surface area (Å²) in [4.78, 5) is 12.5. The molecule has 0 amide bonds. The Morgan fingerprint density at radius 2 is 1.76 bits per heavy atom. The molecule has 3 rings (SSSR count). The smallest absolute Gasteiger partial charge is 0.206 e. The van der Waals surface area contributed by atoms with E-state index in [9.17, 15) is 18.0 Å². The number of carbonyl (C=O) groups is 1. The predicted octanol–water partition coefficient (Wildman–Crippen LogP) is 5.31. The van der Waals surface area contributed by atoms with E-state index in [4.69, 9.17) is 0 Å². The van der Waals surface area contributed by atoms with Crippen molar-refractivity contribution in [3.63, 3.8) is 0 Å². The van der Waals surface area contributed by atoms with Crippen molar-refractivity contribution in [2.24, 2.45) is 0 Å². The van der Waals surface area contributed by atoms with Gasteiger partial charge in [0.2, 0.25) is 5.78 Å². The van der Waals surface area contributed by atoms with Crippen LogP contribution in [0.25, 0.3) is 10.1 Å². The van der Waals surface area contributed by atoms with Gasteiger partial charge in [-0.3, -0.25) is 4.79 Å². The summed E-state index contributed by atoms with van der Waals surface area (Å²) in [6.07, 6.45) is 0. The van der Waals surface area contributed by atoms with Crippen molar-refractivity contribution < 1.29 is 18.0 Å². The van der Waals surface area contributed by atoms with Gasteiger partial charge in [0, 0.05) is 4.70 Å². The fourth-order valence-electron chi connectivity index (χ4n) is 1.95. The minimum absolute atomic E-state index is 0.0463. The van der Waals surface area contributed by atoms with Gasteiger partial charge < -0.3 is 0 Å². The lowest BCUT2D eigenvalue weighted by Gasteiger charge is -2.02. The second-order valence-electron chi connectivity index (χ2n) is 4.37. The first-order valence-electron chi connectivity index (χ1n) is 5.84. The molecule has 0 spiro atoms. The lowest BCUT2D eigenvalue weighted by molar-refractivity contribution is 0.103. The number of carbonyl (C=O) groups excluding carboxylic acids is 1. The highest BCUT2D eigenvalue weighted by Crippen LogP contribution is 2.29. The Morgan fingerprint density at radius 1 is 1.00 bits per heavy atom. The summed E-state index contributed by atoms with van der Waals surface area (Å²) >= 11 is 3.90. The van der Waals surface area contributed by atoms with Crippen molar-refractivity contribution >= 4 is 43.1 Å². The highest BCUT2D eigenvalue weighted by molar-refractivity contribution is 9.10. The molecule has 106 valence electrons. The third-order valence-electron chi connectivity index (χ3n) is 2.96. The molecule has 0 aliphatic heterocycles. The van der Waals surface area contributed by atoms with Gasteiger partial charge in [0.1, 0.15) is 17.5 Å². The van der Waals surface area contributed by atoms with Crippen LogP contribution < -0.4 is 0 Å². The third-order valence-corrected chi connectivity index (χ3v) is 4.66. The quantitative estimate of drug-likeness (QED) is 0.441. The molecule has 0 aliphatic rings. The van der Waals surface area contributed by atoms with Gasteiger partial charge in [-0.2, -0.15) is 0 Å². The number of rotatable bonds is 2. The Hall–Kier alpha value is -1.66. The average molecular weight is 371 g/mol. The number of hydrogen-bond acceptors (Lipinski definition) is 2. The number of fused-ring (bicyclic) bond motifs is 1. The molecule has 1 aromatic heterocycles.